The molecule has 0 spiro atoms. The van der Waals surface area contributed by atoms with Crippen LogP contribution in [0.1, 0.15) is 13.8 Å². The number of rotatable bonds is 6. The first-order valence-electron chi connectivity index (χ1n) is 5.97. The summed E-state index contributed by atoms with van der Waals surface area (Å²) in [5.74, 6) is 0. The fraction of sp³-hybridized carbons (Fsp3) is 0.538. The van der Waals surface area contributed by atoms with Gasteiger partial charge in [-0.25, -0.2) is 0 Å². The van der Waals surface area contributed by atoms with Gasteiger partial charge in [0.2, 0.25) is 0 Å². The van der Waals surface area contributed by atoms with Gasteiger partial charge in [-0.15, -0.1) is 0 Å². The van der Waals surface area contributed by atoms with Crippen molar-refractivity contribution in [2.24, 2.45) is 0 Å². The van der Waals surface area contributed by atoms with E-state index in [4.69, 9.17) is 23.2 Å². The van der Waals surface area contributed by atoms with Crippen LogP contribution in [0.2, 0.25) is 10.0 Å². The van der Waals surface area contributed by atoms with Crippen molar-refractivity contribution in [1.82, 2.24) is 4.90 Å². The van der Waals surface area contributed by atoms with E-state index in [1.54, 1.807) is 0 Å². The highest BCUT2D eigenvalue weighted by Gasteiger charge is 2.06. The van der Waals surface area contributed by atoms with E-state index in [0.717, 1.165) is 31.9 Å². The molecule has 0 amide bonds. The second-order valence-corrected chi connectivity index (χ2v) is 4.86. The predicted molar refractivity (Wildman–Crippen MR) is 77.5 cm³/mol. The third kappa shape index (κ3) is 4.38. The van der Waals surface area contributed by atoms with Crippen molar-refractivity contribution in [1.29, 1.82) is 0 Å². The summed E-state index contributed by atoms with van der Waals surface area (Å²) in [5.41, 5.74) is 1.10. The molecule has 1 aromatic carbocycles. The van der Waals surface area contributed by atoms with Crippen molar-refractivity contribution < 1.29 is 0 Å². The normalized spacial score (nSPS) is 10.9. The maximum absolute atomic E-state index is 6.01. The number of likely N-dealkylation sites (N-methyl/N-ethyl adjacent to an activating group) is 2. The Bertz CT molecular complexity index is 351. The maximum Gasteiger partial charge on any atom is 0.0612 e. The molecular formula is C13H20Cl2N2. The van der Waals surface area contributed by atoms with Gasteiger partial charge in [0.1, 0.15) is 0 Å². The van der Waals surface area contributed by atoms with Crippen molar-refractivity contribution in [3.8, 4) is 0 Å². The highest BCUT2D eigenvalue weighted by Crippen LogP contribution is 2.26. The van der Waals surface area contributed by atoms with Crippen molar-refractivity contribution in [2.75, 3.05) is 38.1 Å². The lowest BCUT2D eigenvalue weighted by Gasteiger charge is -2.24. The van der Waals surface area contributed by atoms with Crippen LogP contribution in [0.5, 0.6) is 0 Å². The van der Waals surface area contributed by atoms with E-state index in [0.29, 0.717) is 10.0 Å². The van der Waals surface area contributed by atoms with Gasteiger partial charge in [0.05, 0.1) is 10.0 Å². The van der Waals surface area contributed by atoms with Gasteiger partial charge in [0, 0.05) is 25.8 Å². The largest absolute Gasteiger partial charge is 0.373 e. The highest BCUT2D eigenvalue weighted by molar-refractivity contribution is 6.42. The van der Waals surface area contributed by atoms with Crippen LogP contribution in [0.15, 0.2) is 18.2 Å². The molecular weight excluding hydrogens is 255 g/mol. The van der Waals surface area contributed by atoms with Gasteiger partial charge in [-0.05, 0) is 31.3 Å². The molecule has 0 heterocycles. The number of nitrogens with zero attached hydrogens (tertiary/aromatic N) is 2. The summed E-state index contributed by atoms with van der Waals surface area (Å²) in [6.45, 7) is 8.59. The molecule has 0 aromatic heterocycles. The number of anilines is 1. The summed E-state index contributed by atoms with van der Waals surface area (Å²) in [4.78, 5) is 4.59. The average Bonchev–Trinajstić information content (AvgIpc) is 2.33. The molecule has 0 bridgehead atoms. The molecule has 0 aliphatic carbocycles. The number of halogens is 2. The van der Waals surface area contributed by atoms with Gasteiger partial charge in [0.25, 0.3) is 0 Å². The van der Waals surface area contributed by atoms with Crippen LogP contribution in [0.25, 0.3) is 0 Å². The van der Waals surface area contributed by atoms with E-state index in [2.05, 4.69) is 30.7 Å². The fourth-order valence-electron chi connectivity index (χ4n) is 1.68. The smallest absolute Gasteiger partial charge is 0.0612 e. The third-order valence-electron chi connectivity index (χ3n) is 2.99. The fourth-order valence-corrected chi connectivity index (χ4v) is 1.98. The van der Waals surface area contributed by atoms with E-state index in [-0.39, 0.29) is 0 Å². The summed E-state index contributed by atoms with van der Waals surface area (Å²) in [5, 5.41) is 1.21. The Hall–Kier alpha value is -0.440. The molecule has 17 heavy (non-hydrogen) atoms. The van der Waals surface area contributed by atoms with Gasteiger partial charge in [0.15, 0.2) is 0 Å². The maximum atomic E-state index is 6.01. The van der Waals surface area contributed by atoms with E-state index >= 15 is 0 Å². The Labute approximate surface area is 114 Å². The minimum absolute atomic E-state index is 0.604. The molecule has 0 fully saturated rings. The predicted octanol–water partition coefficient (Wildman–Crippen LogP) is 3.77. The first kappa shape index (κ1) is 14.6. The Morgan fingerprint density at radius 1 is 1.00 bits per heavy atom. The first-order chi connectivity index (χ1) is 8.08. The second kappa shape index (κ2) is 7.10. The summed E-state index contributed by atoms with van der Waals surface area (Å²) in [6, 6.07) is 5.75. The first-order valence-corrected chi connectivity index (χ1v) is 6.72. The zero-order valence-electron chi connectivity index (χ0n) is 10.7. The quantitative estimate of drug-likeness (QED) is 0.779. The van der Waals surface area contributed by atoms with E-state index in [9.17, 15) is 0 Å². The van der Waals surface area contributed by atoms with Crippen LogP contribution in [0.4, 0.5) is 5.69 Å². The Kier molecular flexibility index (Phi) is 6.10. The van der Waals surface area contributed by atoms with Crippen molar-refractivity contribution in [2.45, 2.75) is 13.8 Å². The van der Waals surface area contributed by atoms with Gasteiger partial charge in [-0.2, -0.15) is 0 Å². The van der Waals surface area contributed by atoms with Gasteiger partial charge in [-0.3, -0.25) is 0 Å². The summed E-state index contributed by atoms with van der Waals surface area (Å²) in [7, 11) is 2.07. The number of benzene rings is 1. The number of hydrogen-bond donors (Lipinski definition) is 0. The Morgan fingerprint density at radius 2 is 1.65 bits per heavy atom. The van der Waals surface area contributed by atoms with Crippen LogP contribution < -0.4 is 4.90 Å². The van der Waals surface area contributed by atoms with Crippen LogP contribution in [0, 0.1) is 0 Å². The van der Waals surface area contributed by atoms with Crippen molar-refractivity contribution in [3.63, 3.8) is 0 Å². The zero-order valence-corrected chi connectivity index (χ0v) is 12.2. The molecule has 0 saturated carbocycles. The lowest BCUT2D eigenvalue weighted by atomic mass is 10.3. The number of hydrogen-bond acceptors (Lipinski definition) is 2. The average molecular weight is 275 g/mol. The molecule has 96 valence electrons. The standard InChI is InChI=1S/C13H20Cl2N2/c1-4-17(5-2)9-8-16(3)11-6-7-12(14)13(15)10-11/h6-7,10H,4-5,8-9H2,1-3H3. The van der Waals surface area contributed by atoms with Crippen LogP contribution in [-0.4, -0.2) is 38.1 Å². The van der Waals surface area contributed by atoms with E-state index in [1.807, 2.05) is 18.2 Å². The molecule has 0 atom stereocenters. The van der Waals surface area contributed by atoms with E-state index in [1.165, 1.54) is 0 Å². The minimum Gasteiger partial charge on any atom is -0.373 e. The van der Waals surface area contributed by atoms with Gasteiger partial charge < -0.3 is 9.80 Å². The lowest BCUT2D eigenvalue weighted by molar-refractivity contribution is 0.311. The Morgan fingerprint density at radius 3 is 2.18 bits per heavy atom. The van der Waals surface area contributed by atoms with E-state index < -0.39 is 0 Å². The van der Waals surface area contributed by atoms with Gasteiger partial charge >= 0.3 is 0 Å². The molecule has 0 unspecified atom stereocenters. The minimum atomic E-state index is 0.604. The molecule has 0 aliphatic rings. The van der Waals surface area contributed by atoms with Crippen LogP contribution >= 0.6 is 23.2 Å². The summed E-state index contributed by atoms with van der Waals surface area (Å²) >= 11 is 11.9. The Balaban J connectivity index is 2.57. The lowest BCUT2D eigenvalue weighted by Crippen LogP contribution is -2.33. The third-order valence-corrected chi connectivity index (χ3v) is 3.73. The zero-order chi connectivity index (χ0) is 12.8. The molecule has 0 aliphatic heterocycles. The highest BCUT2D eigenvalue weighted by atomic mass is 35.5. The van der Waals surface area contributed by atoms with Crippen molar-refractivity contribution in [3.05, 3.63) is 28.2 Å². The molecule has 1 rings (SSSR count). The monoisotopic (exact) mass is 274 g/mol. The SMILES string of the molecule is CCN(CC)CCN(C)c1ccc(Cl)c(Cl)c1. The topological polar surface area (TPSA) is 6.48 Å². The van der Waals surface area contributed by atoms with Crippen LogP contribution in [0.3, 0.4) is 0 Å². The molecule has 1 aromatic rings. The van der Waals surface area contributed by atoms with Crippen molar-refractivity contribution >= 4 is 28.9 Å². The molecule has 0 radical (unpaired) electrons. The van der Waals surface area contributed by atoms with Gasteiger partial charge in [-0.1, -0.05) is 37.0 Å². The summed E-state index contributed by atoms with van der Waals surface area (Å²) in [6.07, 6.45) is 0. The molecule has 2 nitrogen and oxygen atoms in total. The summed E-state index contributed by atoms with van der Waals surface area (Å²) < 4.78 is 0. The second-order valence-electron chi connectivity index (χ2n) is 4.05. The molecule has 0 saturated heterocycles. The van der Waals surface area contributed by atoms with Crippen LogP contribution in [-0.2, 0) is 0 Å². The molecule has 0 N–H and O–H groups in total. The molecule has 4 heteroatoms.